The van der Waals surface area contributed by atoms with Crippen LogP contribution in [0.25, 0.3) is 0 Å². The summed E-state index contributed by atoms with van der Waals surface area (Å²) in [6.45, 7) is 4.83. The average molecular weight is 110 g/mol. The quantitative estimate of drug-likeness (QED) is 0.449. The molecule has 2 aliphatic carbocycles. The lowest BCUT2D eigenvalue weighted by atomic mass is 10.0. The van der Waals surface area contributed by atoms with Crippen LogP contribution in [0, 0.1) is 17.3 Å². The van der Waals surface area contributed by atoms with Gasteiger partial charge in [0, 0.05) is 0 Å². The van der Waals surface area contributed by atoms with Gasteiger partial charge in [-0.15, -0.1) is 0 Å². The topological polar surface area (TPSA) is 0 Å². The molecule has 2 aliphatic rings. The van der Waals surface area contributed by atoms with Gasteiger partial charge in [-0.05, 0) is 36.5 Å². The Morgan fingerprint density at radius 1 is 1.38 bits per heavy atom. The molecule has 0 bridgehead atoms. The van der Waals surface area contributed by atoms with E-state index in [9.17, 15) is 0 Å². The zero-order valence-electron chi connectivity index (χ0n) is 5.78. The van der Waals surface area contributed by atoms with Crippen LogP contribution in [-0.2, 0) is 0 Å². The fraction of sp³-hybridized carbons (Fsp3) is 1.00. The molecule has 0 heteroatoms. The maximum absolute atomic E-state index is 2.45. The Morgan fingerprint density at radius 2 is 2.12 bits per heavy atom. The lowest BCUT2D eigenvalue weighted by Gasteiger charge is -2.04. The molecule has 0 aliphatic heterocycles. The number of fused-ring (bicyclic) bond motifs is 1. The highest BCUT2D eigenvalue weighted by atomic mass is 14.6. The minimum absolute atomic E-state index is 0.833. The van der Waals surface area contributed by atoms with Gasteiger partial charge in [-0.25, -0.2) is 0 Å². The lowest BCUT2D eigenvalue weighted by Crippen LogP contribution is -1.93. The highest BCUT2D eigenvalue weighted by Gasteiger charge is 2.55. The van der Waals surface area contributed by atoms with Crippen molar-refractivity contribution in [3.8, 4) is 0 Å². The summed E-state index contributed by atoms with van der Waals surface area (Å²) < 4.78 is 0. The first kappa shape index (κ1) is 4.84. The van der Waals surface area contributed by atoms with Crippen molar-refractivity contribution in [1.82, 2.24) is 0 Å². The molecule has 0 aromatic carbocycles. The Hall–Kier alpha value is 0. The Morgan fingerprint density at radius 3 is 2.38 bits per heavy atom. The summed E-state index contributed by atoms with van der Waals surface area (Å²) in [7, 11) is 0. The summed E-state index contributed by atoms with van der Waals surface area (Å²) in [5.41, 5.74) is 0.833. The smallest absolute Gasteiger partial charge is 0.0292 e. The van der Waals surface area contributed by atoms with Gasteiger partial charge in [0.1, 0.15) is 0 Å². The Bertz CT molecular complexity index is 117. The van der Waals surface area contributed by atoms with Gasteiger partial charge in [-0.3, -0.25) is 0 Å². The Labute approximate surface area is 51.3 Å². The SMILES string of the molecule is CC1CC2CC2(C)C1. The van der Waals surface area contributed by atoms with Crippen molar-refractivity contribution >= 4 is 0 Å². The van der Waals surface area contributed by atoms with Crippen molar-refractivity contribution in [3.63, 3.8) is 0 Å². The molecule has 0 radical (unpaired) electrons. The van der Waals surface area contributed by atoms with Crippen molar-refractivity contribution < 1.29 is 0 Å². The van der Waals surface area contributed by atoms with Crippen molar-refractivity contribution in [2.75, 3.05) is 0 Å². The van der Waals surface area contributed by atoms with Gasteiger partial charge >= 0.3 is 0 Å². The summed E-state index contributed by atoms with van der Waals surface area (Å²) >= 11 is 0. The van der Waals surface area contributed by atoms with Crippen molar-refractivity contribution in [1.29, 1.82) is 0 Å². The number of hydrogen-bond acceptors (Lipinski definition) is 0. The molecule has 8 heavy (non-hydrogen) atoms. The van der Waals surface area contributed by atoms with Gasteiger partial charge < -0.3 is 0 Å². The van der Waals surface area contributed by atoms with E-state index in [2.05, 4.69) is 13.8 Å². The lowest BCUT2D eigenvalue weighted by molar-refractivity contribution is 0.469. The first-order valence-corrected chi connectivity index (χ1v) is 3.71. The van der Waals surface area contributed by atoms with Gasteiger partial charge in [-0.2, -0.15) is 0 Å². The van der Waals surface area contributed by atoms with E-state index in [1.807, 2.05) is 0 Å². The molecule has 0 aromatic heterocycles. The van der Waals surface area contributed by atoms with E-state index in [4.69, 9.17) is 0 Å². The van der Waals surface area contributed by atoms with Crippen LogP contribution in [-0.4, -0.2) is 0 Å². The first-order chi connectivity index (χ1) is 3.71. The minimum atomic E-state index is 0.833. The van der Waals surface area contributed by atoms with E-state index in [0.717, 1.165) is 17.3 Å². The van der Waals surface area contributed by atoms with E-state index in [1.54, 1.807) is 0 Å². The summed E-state index contributed by atoms with van der Waals surface area (Å²) in [6.07, 6.45) is 4.57. The van der Waals surface area contributed by atoms with Gasteiger partial charge in [0.05, 0.1) is 0 Å². The molecule has 2 rings (SSSR count). The van der Waals surface area contributed by atoms with Gasteiger partial charge in [0.15, 0.2) is 0 Å². The maximum atomic E-state index is 2.45. The largest absolute Gasteiger partial charge is 0.0625 e. The van der Waals surface area contributed by atoms with Crippen LogP contribution in [0.2, 0.25) is 0 Å². The third kappa shape index (κ3) is 0.463. The fourth-order valence-electron chi connectivity index (χ4n) is 2.49. The van der Waals surface area contributed by atoms with E-state index in [-0.39, 0.29) is 0 Å². The molecular weight excluding hydrogens is 96.1 g/mol. The molecule has 0 amide bonds. The summed E-state index contributed by atoms with van der Waals surface area (Å²) in [6, 6.07) is 0. The second-order valence-electron chi connectivity index (χ2n) is 4.10. The predicted octanol–water partition coefficient (Wildman–Crippen LogP) is 2.44. The second kappa shape index (κ2) is 1.12. The van der Waals surface area contributed by atoms with Crippen molar-refractivity contribution in [2.24, 2.45) is 17.3 Å². The van der Waals surface area contributed by atoms with Crippen molar-refractivity contribution in [2.45, 2.75) is 33.1 Å². The molecule has 3 unspecified atom stereocenters. The number of rotatable bonds is 0. The third-order valence-electron chi connectivity index (χ3n) is 3.04. The molecule has 0 N–H and O–H groups in total. The van der Waals surface area contributed by atoms with Gasteiger partial charge in [0.25, 0.3) is 0 Å². The second-order valence-corrected chi connectivity index (χ2v) is 4.10. The van der Waals surface area contributed by atoms with Crippen LogP contribution in [0.5, 0.6) is 0 Å². The Balaban J connectivity index is 2.10. The molecule has 0 saturated heterocycles. The van der Waals surface area contributed by atoms with E-state index in [0.29, 0.717) is 0 Å². The highest BCUT2D eigenvalue weighted by Crippen LogP contribution is 2.64. The van der Waals surface area contributed by atoms with E-state index >= 15 is 0 Å². The number of hydrogen-bond donors (Lipinski definition) is 0. The van der Waals surface area contributed by atoms with Gasteiger partial charge in [-0.1, -0.05) is 13.8 Å². The molecule has 46 valence electrons. The Kier molecular flexibility index (Phi) is 0.678. The molecule has 0 spiro atoms. The van der Waals surface area contributed by atoms with Crippen molar-refractivity contribution in [3.05, 3.63) is 0 Å². The van der Waals surface area contributed by atoms with Crippen LogP contribution >= 0.6 is 0 Å². The van der Waals surface area contributed by atoms with Crippen LogP contribution in [0.3, 0.4) is 0 Å². The zero-order chi connectivity index (χ0) is 5.78. The van der Waals surface area contributed by atoms with E-state index < -0.39 is 0 Å². The molecule has 0 aromatic rings. The average Bonchev–Trinajstić information content (AvgIpc) is 2.07. The fourth-order valence-corrected chi connectivity index (χ4v) is 2.49. The highest BCUT2D eigenvalue weighted by molar-refractivity contribution is 5.05. The first-order valence-electron chi connectivity index (χ1n) is 3.71. The molecule has 2 fully saturated rings. The van der Waals surface area contributed by atoms with Crippen LogP contribution in [0.4, 0.5) is 0 Å². The molecule has 2 saturated carbocycles. The van der Waals surface area contributed by atoms with Gasteiger partial charge in [0.2, 0.25) is 0 Å². The molecule has 0 heterocycles. The van der Waals surface area contributed by atoms with Crippen LogP contribution < -0.4 is 0 Å². The molecular formula is C8H14. The van der Waals surface area contributed by atoms with E-state index in [1.165, 1.54) is 19.3 Å². The monoisotopic (exact) mass is 110 g/mol. The summed E-state index contributed by atoms with van der Waals surface area (Å²) in [5.74, 6) is 2.18. The van der Waals surface area contributed by atoms with Crippen LogP contribution in [0.15, 0.2) is 0 Å². The summed E-state index contributed by atoms with van der Waals surface area (Å²) in [4.78, 5) is 0. The molecule has 3 atom stereocenters. The third-order valence-corrected chi connectivity index (χ3v) is 3.04. The summed E-state index contributed by atoms with van der Waals surface area (Å²) in [5, 5.41) is 0. The standard InChI is InChI=1S/C8H14/c1-6-3-7-5-8(7,2)4-6/h6-7H,3-5H2,1-2H3. The minimum Gasteiger partial charge on any atom is -0.0625 e. The zero-order valence-corrected chi connectivity index (χ0v) is 5.78. The molecule has 0 nitrogen and oxygen atoms in total. The predicted molar refractivity (Wildman–Crippen MR) is 34.6 cm³/mol. The normalized spacial score (nSPS) is 60.8. The maximum Gasteiger partial charge on any atom is -0.0292 e. The van der Waals surface area contributed by atoms with Crippen LogP contribution in [0.1, 0.15) is 33.1 Å².